The quantitative estimate of drug-likeness (QED) is 0.695. The average Bonchev–Trinajstić information content (AvgIpc) is 2.86. The van der Waals surface area contributed by atoms with Crippen molar-refractivity contribution in [3.63, 3.8) is 0 Å². The number of aliphatic hydroxyl groups is 3. The highest BCUT2D eigenvalue weighted by Crippen LogP contribution is 2.67. The molecule has 5 nitrogen and oxygen atoms in total. The lowest BCUT2D eigenvalue weighted by molar-refractivity contribution is -0.178. The first-order valence-electron chi connectivity index (χ1n) is 9.66. The fraction of sp³-hybridized carbons (Fsp3) is 0.714. The second-order valence-electron chi connectivity index (χ2n) is 9.19. The largest absolute Gasteiger partial charge is 0.393 e. The van der Waals surface area contributed by atoms with E-state index in [1.165, 1.54) is 0 Å². The summed E-state index contributed by atoms with van der Waals surface area (Å²) in [5.74, 6) is -0.227. The Hall–Kier alpha value is -1.30. The van der Waals surface area contributed by atoms with Gasteiger partial charge in [0, 0.05) is 16.7 Å². The van der Waals surface area contributed by atoms with Gasteiger partial charge in [0.25, 0.3) is 0 Å². The van der Waals surface area contributed by atoms with Gasteiger partial charge in [0.1, 0.15) is 12.2 Å². The van der Waals surface area contributed by atoms with Crippen LogP contribution in [0.2, 0.25) is 0 Å². The van der Waals surface area contributed by atoms with Crippen molar-refractivity contribution in [1.29, 1.82) is 0 Å². The highest BCUT2D eigenvalue weighted by atomic mass is 16.3. The van der Waals surface area contributed by atoms with Crippen LogP contribution in [0.15, 0.2) is 23.8 Å². The number of allylic oxidation sites excluding steroid dienone is 4. The molecular formula is C21H28O5. The zero-order chi connectivity index (χ0) is 18.9. The topological polar surface area (TPSA) is 94.8 Å². The lowest BCUT2D eigenvalue weighted by Gasteiger charge is -2.59. The van der Waals surface area contributed by atoms with Crippen LogP contribution in [0.4, 0.5) is 0 Å². The van der Waals surface area contributed by atoms with Gasteiger partial charge in [0.05, 0.1) is 6.10 Å². The summed E-state index contributed by atoms with van der Waals surface area (Å²) in [5, 5.41) is 31.7. The zero-order valence-electron chi connectivity index (χ0n) is 15.4. The van der Waals surface area contributed by atoms with Crippen molar-refractivity contribution in [3.05, 3.63) is 23.8 Å². The number of fused-ring (bicyclic) bond motifs is 5. The summed E-state index contributed by atoms with van der Waals surface area (Å²) in [5.41, 5.74) is -1.54. The second-order valence-corrected chi connectivity index (χ2v) is 9.19. The van der Waals surface area contributed by atoms with E-state index in [4.69, 9.17) is 0 Å². The number of rotatable bonds is 2. The van der Waals surface area contributed by atoms with Crippen molar-refractivity contribution in [1.82, 2.24) is 0 Å². The normalized spacial score (nSPS) is 49.9. The minimum Gasteiger partial charge on any atom is -0.393 e. The summed E-state index contributed by atoms with van der Waals surface area (Å²) in [7, 11) is 0. The van der Waals surface area contributed by atoms with Crippen molar-refractivity contribution in [2.75, 3.05) is 6.61 Å². The molecule has 3 unspecified atom stereocenters. The van der Waals surface area contributed by atoms with E-state index in [0.29, 0.717) is 12.8 Å². The summed E-state index contributed by atoms with van der Waals surface area (Å²) >= 11 is 0. The van der Waals surface area contributed by atoms with Crippen LogP contribution >= 0.6 is 0 Å². The molecule has 3 fully saturated rings. The smallest absolute Gasteiger partial charge is 0.190 e. The maximum absolute atomic E-state index is 12.4. The predicted octanol–water partition coefficient (Wildman–Crippen LogP) is 1.56. The average molecular weight is 360 g/mol. The first-order chi connectivity index (χ1) is 12.2. The molecule has 0 aromatic heterocycles. The van der Waals surface area contributed by atoms with Crippen LogP contribution in [-0.2, 0) is 9.59 Å². The van der Waals surface area contributed by atoms with Gasteiger partial charge in [-0.1, -0.05) is 25.5 Å². The maximum atomic E-state index is 12.4. The Balaban J connectivity index is 1.75. The van der Waals surface area contributed by atoms with Crippen molar-refractivity contribution in [2.45, 2.75) is 57.7 Å². The van der Waals surface area contributed by atoms with Crippen molar-refractivity contribution < 1.29 is 24.9 Å². The van der Waals surface area contributed by atoms with Gasteiger partial charge in [-0.25, -0.2) is 0 Å². The van der Waals surface area contributed by atoms with Crippen LogP contribution in [-0.4, -0.2) is 45.2 Å². The van der Waals surface area contributed by atoms with Crippen molar-refractivity contribution in [3.8, 4) is 0 Å². The number of aliphatic hydroxyl groups excluding tert-OH is 2. The molecule has 0 amide bonds. The number of carbonyl (C=O) groups excluding carboxylic acids is 2. The SMILES string of the molecule is C[C@]12C=CC(=O)C=C1CCC1C2[C@@H](O)C[C@@]2(C)C1CC[C@]2(O)C(=O)CO. The molecule has 5 heteroatoms. The summed E-state index contributed by atoms with van der Waals surface area (Å²) < 4.78 is 0. The van der Waals surface area contributed by atoms with Crippen molar-refractivity contribution >= 4 is 11.6 Å². The molecule has 0 saturated heterocycles. The summed E-state index contributed by atoms with van der Waals surface area (Å²) in [6, 6.07) is 0. The first-order valence-corrected chi connectivity index (χ1v) is 9.66. The molecule has 0 aromatic carbocycles. The molecule has 3 saturated carbocycles. The molecule has 7 atom stereocenters. The van der Waals surface area contributed by atoms with E-state index >= 15 is 0 Å². The van der Waals surface area contributed by atoms with Gasteiger partial charge >= 0.3 is 0 Å². The number of carbonyl (C=O) groups is 2. The Labute approximate surface area is 153 Å². The van der Waals surface area contributed by atoms with E-state index in [1.807, 2.05) is 13.0 Å². The van der Waals surface area contributed by atoms with E-state index in [0.717, 1.165) is 24.8 Å². The summed E-state index contributed by atoms with van der Waals surface area (Å²) in [6.45, 7) is 3.34. The Kier molecular flexibility index (Phi) is 3.89. The van der Waals surface area contributed by atoms with E-state index in [2.05, 4.69) is 6.92 Å². The number of Topliss-reactive ketones (excluding diaryl/α,β-unsaturated/α-hetero) is 1. The third-order valence-corrected chi connectivity index (χ3v) is 8.25. The van der Waals surface area contributed by atoms with Crippen LogP contribution in [0.1, 0.15) is 46.0 Å². The van der Waals surface area contributed by atoms with Crippen LogP contribution < -0.4 is 0 Å². The minimum atomic E-state index is -1.56. The third kappa shape index (κ3) is 2.08. The van der Waals surface area contributed by atoms with Gasteiger partial charge in [-0.05, 0) is 56.1 Å². The third-order valence-electron chi connectivity index (χ3n) is 8.25. The van der Waals surface area contributed by atoms with Gasteiger partial charge < -0.3 is 15.3 Å². The molecule has 4 aliphatic carbocycles. The molecule has 142 valence electrons. The molecule has 26 heavy (non-hydrogen) atoms. The standard InChI is InChI=1S/C21H28O5/c1-19-7-5-13(23)9-12(19)3-4-14-15-6-8-21(26,17(25)11-22)20(15,2)10-16(24)18(14)19/h5,7,9,14-16,18,22,24,26H,3-4,6,8,10-11H2,1-2H3/t14?,15?,16-,18?,19-,20-,21-/m0/s1. The Morgan fingerprint density at radius 1 is 1.31 bits per heavy atom. The van der Waals surface area contributed by atoms with Crippen molar-refractivity contribution in [2.24, 2.45) is 28.6 Å². The first kappa shape index (κ1) is 18.1. The number of hydrogen-bond acceptors (Lipinski definition) is 5. The van der Waals surface area contributed by atoms with Gasteiger partial charge in [-0.15, -0.1) is 0 Å². The molecule has 4 aliphatic rings. The molecule has 0 radical (unpaired) electrons. The van der Waals surface area contributed by atoms with Crippen LogP contribution in [0.3, 0.4) is 0 Å². The molecule has 0 aliphatic heterocycles. The molecule has 3 N–H and O–H groups in total. The molecule has 0 bridgehead atoms. The van der Waals surface area contributed by atoms with E-state index < -0.39 is 29.5 Å². The number of ketones is 2. The number of hydrogen-bond donors (Lipinski definition) is 3. The van der Waals surface area contributed by atoms with Gasteiger partial charge in [0.15, 0.2) is 11.6 Å². The van der Waals surface area contributed by atoms with E-state index in [-0.39, 0.29) is 29.0 Å². The fourth-order valence-electron chi connectivity index (χ4n) is 6.92. The Bertz CT molecular complexity index is 724. The summed E-state index contributed by atoms with van der Waals surface area (Å²) in [4.78, 5) is 24.2. The van der Waals surface area contributed by atoms with Gasteiger partial charge in [-0.2, -0.15) is 0 Å². The van der Waals surface area contributed by atoms with E-state index in [1.54, 1.807) is 12.2 Å². The maximum Gasteiger partial charge on any atom is 0.190 e. The Morgan fingerprint density at radius 3 is 2.73 bits per heavy atom. The fourth-order valence-corrected chi connectivity index (χ4v) is 6.92. The lowest BCUT2D eigenvalue weighted by atomic mass is 9.46. The molecular weight excluding hydrogens is 332 g/mol. The van der Waals surface area contributed by atoms with Gasteiger partial charge in [-0.3, -0.25) is 9.59 Å². The van der Waals surface area contributed by atoms with Crippen LogP contribution in [0.5, 0.6) is 0 Å². The van der Waals surface area contributed by atoms with Crippen LogP contribution in [0, 0.1) is 28.6 Å². The molecule has 0 spiro atoms. The lowest BCUT2D eigenvalue weighted by Crippen LogP contribution is -2.61. The second kappa shape index (κ2) is 5.60. The summed E-state index contributed by atoms with van der Waals surface area (Å²) in [6.07, 6.45) is 7.68. The highest BCUT2D eigenvalue weighted by Gasteiger charge is 2.67. The monoisotopic (exact) mass is 360 g/mol. The minimum absolute atomic E-state index is 0.00912. The van der Waals surface area contributed by atoms with Crippen LogP contribution in [0.25, 0.3) is 0 Å². The Morgan fingerprint density at radius 2 is 2.04 bits per heavy atom. The molecule has 4 rings (SSSR count). The van der Waals surface area contributed by atoms with E-state index in [9.17, 15) is 24.9 Å². The molecule has 0 aromatic rings. The van der Waals surface area contributed by atoms with Gasteiger partial charge in [0.2, 0.25) is 0 Å². The highest BCUT2D eigenvalue weighted by molar-refractivity contribution is 6.01. The zero-order valence-corrected chi connectivity index (χ0v) is 15.4. The molecule has 0 heterocycles. The predicted molar refractivity (Wildman–Crippen MR) is 95.0 cm³/mol.